The molecule has 0 spiro atoms. The number of aromatic nitrogens is 3. The maximum absolute atomic E-state index is 11.9. The van der Waals surface area contributed by atoms with E-state index in [1.165, 1.54) is 0 Å². The molecule has 1 N–H and O–H groups in total. The first-order chi connectivity index (χ1) is 12.2. The highest BCUT2D eigenvalue weighted by Crippen LogP contribution is 2.28. The monoisotopic (exact) mass is 334 g/mol. The Morgan fingerprint density at radius 2 is 1.96 bits per heavy atom. The van der Waals surface area contributed by atoms with Crippen LogP contribution < -0.4 is 4.74 Å². The van der Waals surface area contributed by atoms with Gasteiger partial charge in [-0.05, 0) is 43.3 Å². The van der Waals surface area contributed by atoms with Crippen LogP contribution in [0.2, 0.25) is 0 Å². The number of hydrogen-bond acceptors (Lipinski definition) is 6. The topological polar surface area (TPSA) is 101 Å². The van der Waals surface area contributed by atoms with Crippen molar-refractivity contribution in [2.24, 2.45) is 0 Å². The van der Waals surface area contributed by atoms with E-state index in [1.54, 1.807) is 55.5 Å². The first-order valence-electron chi connectivity index (χ1n) is 7.57. The van der Waals surface area contributed by atoms with Gasteiger partial charge < -0.3 is 9.47 Å². The summed E-state index contributed by atoms with van der Waals surface area (Å²) in [7, 11) is 0. The van der Waals surface area contributed by atoms with Gasteiger partial charge >= 0.3 is 5.97 Å². The van der Waals surface area contributed by atoms with Crippen LogP contribution in [0, 0.1) is 11.3 Å². The third-order valence-electron chi connectivity index (χ3n) is 3.34. The normalized spacial score (nSPS) is 10.1. The Balaban J connectivity index is 1.86. The van der Waals surface area contributed by atoms with Crippen LogP contribution in [0.4, 0.5) is 0 Å². The van der Waals surface area contributed by atoms with Crippen LogP contribution in [0.5, 0.6) is 11.5 Å². The number of H-pyrrole nitrogens is 1. The molecule has 0 aliphatic heterocycles. The molecular weight excluding hydrogens is 320 g/mol. The van der Waals surface area contributed by atoms with E-state index in [4.69, 9.17) is 14.7 Å². The van der Waals surface area contributed by atoms with Crippen molar-refractivity contribution in [3.05, 3.63) is 59.8 Å². The number of hydrogen-bond donors (Lipinski definition) is 1. The van der Waals surface area contributed by atoms with Crippen LogP contribution in [-0.4, -0.2) is 28.0 Å². The number of aromatic amines is 1. The standard InChI is InChI=1S/C18H14N4O3/c1-2-24-18(23)17-16(20-22-21-17)13-4-3-5-15(10-13)25-14-8-6-12(11-19)7-9-14/h3-10H,2H2,1H3,(H,20,21,22). The Labute approximate surface area is 143 Å². The smallest absolute Gasteiger partial charge is 0.361 e. The Hall–Kier alpha value is -3.66. The van der Waals surface area contributed by atoms with Gasteiger partial charge in [-0.2, -0.15) is 15.6 Å². The molecule has 0 bridgehead atoms. The van der Waals surface area contributed by atoms with Crippen molar-refractivity contribution in [3.63, 3.8) is 0 Å². The third kappa shape index (κ3) is 3.64. The van der Waals surface area contributed by atoms with Crippen molar-refractivity contribution in [1.29, 1.82) is 5.26 Å². The van der Waals surface area contributed by atoms with Crippen LogP contribution in [0.15, 0.2) is 48.5 Å². The molecule has 25 heavy (non-hydrogen) atoms. The summed E-state index contributed by atoms with van der Waals surface area (Å²) in [6.45, 7) is 1.98. The zero-order chi connectivity index (χ0) is 17.6. The van der Waals surface area contributed by atoms with E-state index in [0.717, 1.165) is 0 Å². The maximum atomic E-state index is 11.9. The predicted octanol–water partition coefficient (Wildman–Crippen LogP) is 3.31. The minimum atomic E-state index is -0.537. The average Bonchev–Trinajstić information content (AvgIpc) is 3.13. The second-order valence-electron chi connectivity index (χ2n) is 5.01. The lowest BCUT2D eigenvalue weighted by atomic mass is 10.1. The summed E-state index contributed by atoms with van der Waals surface area (Å²) in [6.07, 6.45) is 0. The number of esters is 1. The largest absolute Gasteiger partial charge is 0.461 e. The minimum Gasteiger partial charge on any atom is -0.461 e. The Bertz CT molecular complexity index is 926. The Kier molecular flexibility index (Phi) is 4.72. The lowest BCUT2D eigenvalue weighted by Gasteiger charge is -2.07. The van der Waals surface area contributed by atoms with Crippen LogP contribution in [0.1, 0.15) is 23.0 Å². The average molecular weight is 334 g/mol. The van der Waals surface area contributed by atoms with Gasteiger partial charge in [-0.1, -0.05) is 12.1 Å². The van der Waals surface area contributed by atoms with Gasteiger partial charge in [-0.15, -0.1) is 5.10 Å². The summed E-state index contributed by atoms with van der Waals surface area (Å²) in [4.78, 5) is 11.9. The van der Waals surface area contributed by atoms with Crippen LogP contribution >= 0.6 is 0 Å². The quantitative estimate of drug-likeness (QED) is 0.718. The van der Waals surface area contributed by atoms with Crippen LogP contribution in [0.25, 0.3) is 11.3 Å². The summed E-state index contributed by atoms with van der Waals surface area (Å²) in [5.41, 5.74) is 1.74. The van der Waals surface area contributed by atoms with Crippen LogP contribution in [-0.2, 0) is 4.74 Å². The number of carbonyl (C=O) groups is 1. The first-order valence-corrected chi connectivity index (χ1v) is 7.57. The molecule has 7 nitrogen and oxygen atoms in total. The van der Waals surface area contributed by atoms with Crippen molar-refractivity contribution >= 4 is 5.97 Å². The highest BCUT2D eigenvalue weighted by Gasteiger charge is 2.19. The molecule has 124 valence electrons. The zero-order valence-electron chi connectivity index (χ0n) is 13.4. The number of ether oxygens (including phenoxy) is 2. The molecule has 1 heterocycles. The van der Waals surface area contributed by atoms with Gasteiger partial charge in [0.15, 0.2) is 5.69 Å². The number of rotatable bonds is 5. The van der Waals surface area contributed by atoms with E-state index in [-0.39, 0.29) is 12.3 Å². The van der Waals surface area contributed by atoms with Gasteiger partial charge in [0.1, 0.15) is 17.2 Å². The molecule has 0 fully saturated rings. The van der Waals surface area contributed by atoms with E-state index in [9.17, 15) is 4.79 Å². The highest BCUT2D eigenvalue weighted by molar-refractivity contribution is 5.93. The van der Waals surface area contributed by atoms with Crippen LogP contribution in [0.3, 0.4) is 0 Å². The Morgan fingerprint density at radius 1 is 1.16 bits per heavy atom. The molecule has 0 aliphatic carbocycles. The van der Waals surface area contributed by atoms with Crippen molar-refractivity contribution in [2.75, 3.05) is 6.61 Å². The summed E-state index contributed by atoms with van der Waals surface area (Å²) < 4.78 is 10.8. The lowest BCUT2D eigenvalue weighted by Crippen LogP contribution is -2.06. The SMILES string of the molecule is CCOC(=O)c1n[nH]nc1-c1cccc(Oc2ccc(C#N)cc2)c1. The van der Waals surface area contributed by atoms with Gasteiger partial charge in [-0.3, -0.25) is 0 Å². The lowest BCUT2D eigenvalue weighted by molar-refractivity contribution is 0.0520. The highest BCUT2D eigenvalue weighted by atomic mass is 16.5. The minimum absolute atomic E-state index is 0.123. The molecular formula is C18H14N4O3. The van der Waals surface area contributed by atoms with Gasteiger partial charge in [0.05, 0.1) is 18.2 Å². The number of nitriles is 1. The second kappa shape index (κ2) is 7.27. The summed E-state index contributed by atoms with van der Waals surface area (Å²) in [5, 5.41) is 19.2. The van der Waals surface area contributed by atoms with Crippen molar-refractivity contribution in [1.82, 2.24) is 15.4 Å². The second-order valence-corrected chi connectivity index (χ2v) is 5.01. The molecule has 0 saturated heterocycles. The summed E-state index contributed by atoms with van der Waals surface area (Å²) in [5.74, 6) is 0.631. The van der Waals surface area contributed by atoms with Gasteiger partial charge in [-0.25, -0.2) is 4.79 Å². The van der Waals surface area contributed by atoms with E-state index in [2.05, 4.69) is 21.5 Å². The van der Waals surface area contributed by atoms with E-state index < -0.39 is 5.97 Å². The zero-order valence-corrected chi connectivity index (χ0v) is 13.4. The molecule has 0 radical (unpaired) electrons. The molecule has 0 aliphatic rings. The molecule has 2 aromatic carbocycles. The number of carbonyl (C=O) groups excluding carboxylic acids is 1. The van der Waals surface area contributed by atoms with E-state index in [0.29, 0.717) is 28.3 Å². The summed E-state index contributed by atoms with van der Waals surface area (Å²) >= 11 is 0. The first kappa shape index (κ1) is 16.2. The Morgan fingerprint density at radius 3 is 2.68 bits per heavy atom. The molecule has 1 aromatic heterocycles. The fraction of sp³-hybridized carbons (Fsp3) is 0.111. The number of benzene rings is 2. The van der Waals surface area contributed by atoms with Crippen molar-refractivity contribution < 1.29 is 14.3 Å². The van der Waals surface area contributed by atoms with E-state index in [1.807, 2.05) is 0 Å². The summed E-state index contributed by atoms with van der Waals surface area (Å²) in [6, 6.07) is 16.0. The molecule has 3 aromatic rings. The number of nitrogens with one attached hydrogen (secondary N) is 1. The predicted molar refractivity (Wildman–Crippen MR) is 89.0 cm³/mol. The van der Waals surface area contributed by atoms with Gasteiger partial charge in [0.2, 0.25) is 0 Å². The van der Waals surface area contributed by atoms with Crippen molar-refractivity contribution in [3.8, 4) is 28.8 Å². The third-order valence-corrected chi connectivity index (χ3v) is 3.34. The molecule has 3 rings (SSSR count). The fourth-order valence-electron chi connectivity index (χ4n) is 2.21. The molecule has 0 saturated carbocycles. The molecule has 7 heteroatoms. The molecule has 0 unspecified atom stereocenters. The number of nitrogens with zero attached hydrogens (tertiary/aromatic N) is 3. The molecule has 0 atom stereocenters. The molecule has 0 amide bonds. The van der Waals surface area contributed by atoms with E-state index >= 15 is 0 Å². The fourth-order valence-corrected chi connectivity index (χ4v) is 2.21. The van der Waals surface area contributed by atoms with Gasteiger partial charge in [0, 0.05) is 5.56 Å². The van der Waals surface area contributed by atoms with Gasteiger partial charge in [0.25, 0.3) is 0 Å². The maximum Gasteiger partial charge on any atom is 0.361 e. The van der Waals surface area contributed by atoms with Crippen molar-refractivity contribution in [2.45, 2.75) is 6.92 Å².